The second-order valence-electron chi connectivity index (χ2n) is 7.09. The zero-order chi connectivity index (χ0) is 20.8. The molecule has 1 atom stereocenters. The first-order valence-corrected chi connectivity index (χ1v) is 9.81. The highest BCUT2D eigenvalue weighted by molar-refractivity contribution is 5.97. The first-order chi connectivity index (χ1) is 14.0. The predicted molar refractivity (Wildman–Crippen MR) is 113 cm³/mol. The number of ketones is 1. The van der Waals surface area contributed by atoms with Gasteiger partial charge in [-0.05, 0) is 42.2 Å². The quantitative estimate of drug-likeness (QED) is 0.518. The summed E-state index contributed by atoms with van der Waals surface area (Å²) in [4.78, 5) is 11.7. The molecule has 0 spiro atoms. The van der Waals surface area contributed by atoms with Crippen molar-refractivity contribution in [2.24, 2.45) is 0 Å². The highest BCUT2D eigenvalue weighted by Gasteiger charge is 2.16. The summed E-state index contributed by atoms with van der Waals surface area (Å²) in [7, 11) is 0. The third-order valence-corrected chi connectivity index (χ3v) is 4.92. The van der Waals surface area contributed by atoms with Crippen LogP contribution < -0.4 is 4.74 Å². The lowest BCUT2D eigenvalue weighted by atomic mass is 10.0. The Hall–Kier alpha value is -3.11. The molecular formula is C25H26O4. The van der Waals surface area contributed by atoms with Crippen LogP contribution in [0.15, 0.2) is 66.7 Å². The van der Waals surface area contributed by atoms with E-state index in [9.17, 15) is 15.0 Å². The lowest BCUT2D eigenvalue weighted by Crippen LogP contribution is -2.03. The molecule has 3 aromatic rings. The normalized spacial score (nSPS) is 11.8. The zero-order valence-corrected chi connectivity index (χ0v) is 16.8. The maximum atomic E-state index is 11.7. The number of Topliss-reactive ketones (excluding diaryl/α,β-unsaturated/α-hetero) is 1. The van der Waals surface area contributed by atoms with Crippen LogP contribution in [-0.4, -0.2) is 16.0 Å². The van der Waals surface area contributed by atoms with Crippen LogP contribution in [0.4, 0.5) is 0 Å². The average Bonchev–Trinajstić information content (AvgIpc) is 2.74. The van der Waals surface area contributed by atoms with E-state index in [1.165, 1.54) is 6.92 Å². The van der Waals surface area contributed by atoms with E-state index in [4.69, 9.17) is 4.74 Å². The van der Waals surface area contributed by atoms with Gasteiger partial charge in [-0.15, -0.1) is 0 Å². The lowest BCUT2D eigenvalue weighted by molar-refractivity contribution is 0.101. The van der Waals surface area contributed by atoms with E-state index in [1.807, 2.05) is 61.5 Å². The number of aliphatic hydroxyl groups excluding tert-OH is 1. The molecule has 3 aromatic carbocycles. The van der Waals surface area contributed by atoms with Gasteiger partial charge in [0.1, 0.15) is 24.2 Å². The van der Waals surface area contributed by atoms with Crippen LogP contribution in [0.25, 0.3) is 0 Å². The maximum absolute atomic E-state index is 11.7. The summed E-state index contributed by atoms with van der Waals surface area (Å²) in [6.45, 7) is 3.79. The maximum Gasteiger partial charge on any atom is 0.163 e. The Morgan fingerprint density at radius 2 is 1.62 bits per heavy atom. The van der Waals surface area contributed by atoms with Crippen molar-refractivity contribution in [1.82, 2.24) is 0 Å². The molecule has 0 radical (unpaired) electrons. The highest BCUT2D eigenvalue weighted by atomic mass is 16.5. The number of carbonyl (C=O) groups excluding carboxylic acids is 1. The third-order valence-electron chi connectivity index (χ3n) is 4.92. The van der Waals surface area contributed by atoms with Crippen molar-refractivity contribution in [3.05, 3.63) is 94.5 Å². The van der Waals surface area contributed by atoms with Crippen LogP contribution in [0, 0.1) is 0 Å². The molecule has 0 bridgehead atoms. The molecule has 0 fully saturated rings. The van der Waals surface area contributed by atoms with Crippen molar-refractivity contribution in [3.8, 4) is 11.5 Å². The van der Waals surface area contributed by atoms with E-state index >= 15 is 0 Å². The Bertz CT molecular complexity index is 962. The zero-order valence-electron chi connectivity index (χ0n) is 16.8. The summed E-state index contributed by atoms with van der Waals surface area (Å²) < 4.78 is 5.94. The van der Waals surface area contributed by atoms with E-state index in [0.717, 1.165) is 23.1 Å². The van der Waals surface area contributed by atoms with Gasteiger partial charge >= 0.3 is 0 Å². The smallest absolute Gasteiger partial charge is 0.163 e. The number of phenols is 1. The van der Waals surface area contributed by atoms with Gasteiger partial charge in [-0.2, -0.15) is 0 Å². The molecule has 0 amide bonds. The van der Waals surface area contributed by atoms with E-state index in [-0.39, 0.29) is 11.5 Å². The average molecular weight is 390 g/mol. The molecule has 1 unspecified atom stereocenters. The van der Waals surface area contributed by atoms with Crippen molar-refractivity contribution >= 4 is 5.78 Å². The van der Waals surface area contributed by atoms with E-state index in [2.05, 4.69) is 0 Å². The highest BCUT2D eigenvalue weighted by Crippen LogP contribution is 2.33. The number of benzene rings is 3. The van der Waals surface area contributed by atoms with Crippen LogP contribution in [0.5, 0.6) is 11.5 Å². The SMILES string of the molecule is CCCc1c(OCc2ccc(C(O)c3ccccc3)cc2)ccc(C(C)=O)c1O. The molecule has 0 aliphatic carbocycles. The van der Waals surface area contributed by atoms with Gasteiger partial charge in [0.15, 0.2) is 5.78 Å². The van der Waals surface area contributed by atoms with E-state index in [1.54, 1.807) is 12.1 Å². The summed E-state index contributed by atoms with van der Waals surface area (Å²) >= 11 is 0. The molecule has 4 nitrogen and oxygen atoms in total. The van der Waals surface area contributed by atoms with Crippen LogP contribution in [0.1, 0.15) is 59.0 Å². The Balaban J connectivity index is 1.73. The number of carbonyl (C=O) groups is 1. The summed E-state index contributed by atoms with van der Waals surface area (Å²) in [6, 6.07) is 20.5. The Kier molecular flexibility index (Phi) is 6.68. The number of aromatic hydroxyl groups is 1. The van der Waals surface area contributed by atoms with Gasteiger partial charge in [0.25, 0.3) is 0 Å². The van der Waals surface area contributed by atoms with Gasteiger partial charge in [-0.25, -0.2) is 0 Å². The summed E-state index contributed by atoms with van der Waals surface area (Å²) in [5, 5.41) is 20.9. The number of hydrogen-bond acceptors (Lipinski definition) is 4. The van der Waals surface area contributed by atoms with Crippen molar-refractivity contribution in [3.63, 3.8) is 0 Å². The third kappa shape index (κ3) is 4.84. The molecule has 150 valence electrons. The Morgan fingerprint density at radius 3 is 2.24 bits per heavy atom. The van der Waals surface area contributed by atoms with Crippen molar-refractivity contribution in [1.29, 1.82) is 0 Å². The van der Waals surface area contributed by atoms with Crippen molar-refractivity contribution in [2.75, 3.05) is 0 Å². The molecule has 0 saturated heterocycles. The Labute approximate surface area is 171 Å². The first kappa shape index (κ1) is 20.6. The predicted octanol–water partition coefficient (Wildman–Crippen LogP) is 5.21. The van der Waals surface area contributed by atoms with Gasteiger partial charge in [0.2, 0.25) is 0 Å². The van der Waals surface area contributed by atoms with Crippen molar-refractivity contribution < 1.29 is 19.7 Å². The minimum absolute atomic E-state index is 0.0122. The Morgan fingerprint density at radius 1 is 0.966 bits per heavy atom. The minimum Gasteiger partial charge on any atom is -0.507 e. The van der Waals surface area contributed by atoms with Gasteiger partial charge in [-0.3, -0.25) is 4.79 Å². The molecule has 4 heteroatoms. The first-order valence-electron chi connectivity index (χ1n) is 9.81. The van der Waals surface area contributed by atoms with Gasteiger partial charge in [0, 0.05) is 5.56 Å². The molecule has 3 rings (SSSR count). The van der Waals surface area contributed by atoms with Gasteiger partial charge < -0.3 is 14.9 Å². The molecule has 0 aromatic heterocycles. The number of phenolic OH excluding ortho intramolecular Hbond substituents is 1. The molecule has 29 heavy (non-hydrogen) atoms. The minimum atomic E-state index is -0.668. The topological polar surface area (TPSA) is 66.8 Å². The fourth-order valence-electron chi connectivity index (χ4n) is 3.31. The van der Waals surface area contributed by atoms with Crippen LogP contribution >= 0.6 is 0 Å². The molecule has 0 saturated carbocycles. The van der Waals surface area contributed by atoms with Gasteiger partial charge in [-0.1, -0.05) is 67.9 Å². The molecular weight excluding hydrogens is 364 g/mol. The number of hydrogen-bond donors (Lipinski definition) is 2. The fourth-order valence-corrected chi connectivity index (χ4v) is 3.31. The summed E-state index contributed by atoms with van der Waals surface area (Å²) in [6.07, 6.45) is 0.792. The summed E-state index contributed by atoms with van der Waals surface area (Å²) in [5.41, 5.74) is 3.60. The van der Waals surface area contributed by atoms with Crippen LogP contribution in [0.3, 0.4) is 0 Å². The van der Waals surface area contributed by atoms with Gasteiger partial charge in [0.05, 0.1) is 5.56 Å². The standard InChI is InChI=1S/C25H26O4/c1-3-7-22-23(15-14-21(17(2)26)25(22)28)29-16-18-10-12-20(13-11-18)24(27)19-8-5-4-6-9-19/h4-6,8-15,24,27-28H,3,7,16H2,1-2H3. The molecule has 2 N–H and O–H groups in total. The largest absolute Gasteiger partial charge is 0.507 e. The summed E-state index contributed by atoms with van der Waals surface area (Å²) in [5.74, 6) is 0.430. The second-order valence-corrected chi connectivity index (χ2v) is 7.09. The fraction of sp³-hybridized carbons (Fsp3) is 0.240. The van der Waals surface area contributed by atoms with E-state index in [0.29, 0.717) is 29.9 Å². The monoisotopic (exact) mass is 390 g/mol. The van der Waals surface area contributed by atoms with Crippen LogP contribution in [0.2, 0.25) is 0 Å². The number of ether oxygens (including phenoxy) is 1. The number of aliphatic hydroxyl groups is 1. The number of rotatable bonds is 8. The van der Waals surface area contributed by atoms with E-state index < -0.39 is 6.10 Å². The molecule has 0 heterocycles. The molecule has 0 aliphatic rings. The second kappa shape index (κ2) is 9.39. The lowest BCUT2D eigenvalue weighted by Gasteiger charge is -2.15. The van der Waals surface area contributed by atoms with Crippen molar-refractivity contribution in [2.45, 2.75) is 39.4 Å². The van der Waals surface area contributed by atoms with Crippen LogP contribution in [-0.2, 0) is 13.0 Å². The molecule has 0 aliphatic heterocycles.